The zero-order valence-electron chi connectivity index (χ0n) is 11.3. The molecule has 7 heteroatoms. The van der Waals surface area contributed by atoms with Crippen LogP contribution in [-0.2, 0) is 0 Å². The number of rotatable bonds is 4. The summed E-state index contributed by atoms with van der Waals surface area (Å²) in [5, 5.41) is 0.612. The maximum absolute atomic E-state index is 12.5. The van der Waals surface area contributed by atoms with Crippen LogP contribution in [0.5, 0.6) is 0 Å². The maximum atomic E-state index is 12.5. The van der Waals surface area contributed by atoms with Gasteiger partial charge in [-0.15, -0.1) is 12.4 Å². The van der Waals surface area contributed by atoms with Crippen molar-refractivity contribution in [3.05, 3.63) is 59.1 Å². The van der Waals surface area contributed by atoms with E-state index in [1.165, 1.54) is 11.8 Å². The molecule has 0 bridgehead atoms. The zero-order chi connectivity index (χ0) is 15.5. The Labute approximate surface area is 142 Å². The number of hydrogen-bond donors (Lipinski definition) is 1. The average molecular weight is 368 g/mol. The summed E-state index contributed by atoms with van der Waals surface area (Å²) < 4.78 is 37.5. The SMILES string of the molecule is Cl.N[C@@H](CC(F)(F)F)c1ccccc1Sc1ccc(Cl)cc1. The Morgan fingerprint density at radius 3 is 2.23 bits per heavy atom. The molecule has 2 rings (SSSR count). The molecule has 0 unspecified atom stereocenters. The second-order valence-electron chi connectivity index (χ2n) is 4.52. The van der Waals surface area contributed by atoms with E-state index >= 15 is 0 Å². The van der Waals surface area contributed by atoms with Crippen molar-refractivity contribution >= 4 is 35.8 Å². The molecule has 0 fully saturated rings. The van der Waals surface area contributed by atoms with E-state index in [0.29, 0.717) is 10.6 Å². The highest BCUT2D eigenvalue weighted by molar-refractivity contribution is 7.99. The molecule has 0 saturated carbocycles. The fourth-order valence-electron chi connectivity index (χ4n) is 1.87. The van der Waals surface area contributed by atoms with Crippen molar-refractivity contribution < 1.29 is 13.2 Å². The van der Waals surface area contributed by atoms with E-state index in [-0.39, 0.29) is 12.4 Å². The number of halogens is 5. The minimum atomic E-state index is -4.28. The smallest absolute Gasteiger partial charge is 0.324 e. The lowest BCUT2D eigenvalue weighted by Crippen LogP contribution is -2.20. The van der Waals surface area contributed by atoms with Gasteiger partial charge in [-0.25, -0.2) is 0 Å². The maximum Gasteiger partial charge on any atom is 0.390 e. The lowest BCUT2D eigenvalue weighted by molar-refractivity contribution is -0.138. The number of hydrogen-bond acceptors (Lipinski definition) is 2. The molecule has 1 nitrogen and oxygen atoms in total. The highest BCUT2D eigenvalue weighted by atomic mass is 35.5. The average Bonchev–Trinajstić information content (AvgIpc) is 2.40. The minimum absolute atomic E-state index is 0. The molecule has 0 aliphatic heterocycles. The summed E-state index contributed by atoms with van der Waals surface area (Å²) in [4.78, 5) is 1.61. The van der Waals surface area contributed by atoms with E-state index in [2.05, 4.69) is 0 Å². The van der Waals surface area contributed by atoms with E-state index in [4.69, 9.17) is 17.3 Å². The third kappa shape index (κ3) is 5.72. The van der Waals surface area contributed by atoms with Crippen LogP contribution in [0.2, 0.25) is 5.02 Å². The lowest BCUT2D eigenvalue weighted by atomic mass is 10.0. The normalized spacial score (nSPS) is 12.6. The van der Waals surface area contributed by atoms with Gasteiger partial charge in [0.1, 0.15) is 0 Å². The Morgan fingerprint density at radius 2 is 1.64 bits per heavy atom. The molecule has 2 N–H and O–H groups in total. The largest absolute Gasteiger partial charge is 0.390 e. The molecule has 0 aliphatic carbocycles. The molecule has 0 radical (unpaired) electrons. The van der Waals surface area contributed by atoms with Gasteiger partial charge >= 0.3 is 6.18 Å². The highest BCUT2D eigenvalue weighted by Gasteiger charge is 2.31. The van der Waals surface area contributed by atoms with Crippen LogP contribution in [0.3, 0.4) is 0 Å². The third-order valence-electron chi connectivity index (χ3n) is 2.81. The van der Waals surface area contributed by atoms with E-state index in [0.717, 1.165) is 9.79 Å². The van der Waals surface area contributed by atoms with E-state index in [1.807, 2.05) is 12.1 Å². The molecule has 0 saturated heterocycles. The molecule has 0 amide bonds. The summed E-state index contributed by atoms with van der Waals surface area (Å²) in [6, 6.07) is 12.9. The standard InChI is InChI=1S/C15H13ClF3NS.ClH/c16-10-5-7-11(8-6-10)21-14-4-2-1-3-12(14)13(20)9-15(17,18)19;/h1-8,13H,9,20H2;1H/t13-;/m0./s1. The van der Waals surface area contributed by atoms with Gasteiger partial charge in [0.25, 0.3) is 0 Å². The molecule has 0 aromatic heterocycles. The van der Waals surface area contributed by atoms with Crippen LogP contribution in [-0.4, -0.2) is 6.18 Å². The second kappa shape index (κ2) is 8.11. The molecule has 0 aliphatic rings. The summed E-state index contributed by atoms with van der Waals surface area (Å²) in [5.74, 6) is 0. The van der Waals surface area contributed by atoms with Crippen molar-refractivity contribution in [2.75, 3.05) is 0 Å². The summed E-state index contributed by atoms with van der Waals surface area (Å²) in [7, 11) is 0. The van der Waals surface area contributed by atoms with Gasteiger partial charge in [0.05, 0.1) is 6.42 Å². The topological polar surface area (TPSA) is 26.0 Å². The Kier molecular flexibility index (Phi) is 7.06. The summed E-state index contributed by atoms with van der Waals surface area (Å²) in [6.45, 7) is 0. The van der Waals surface area contributed by atoms with Crippen LogP contribution in [0.25, 0.3) is 0 Å². The van der Waals surface area contributed by atoms with Crippen LogP contribution >= 0.6 is 35.8 Å². The fraction of sp³-hybridized carbons (Fsp3) is 0.200. The first-order chi connectivity index (χ1) is 9.85. The molecule has 0 heterocycles. The van der Waals surface area contributed by atoms with Gasteiger partial charge in [-0.2, -0.15) is 13.2 Å². The van der Waals surface area contributed by atoms with Crippen LogP contribution in [0.4, 0.5) is 13.2 Å². The van der Waals surface area contributed by atoms with Crippen molar-refractivity contribution in [1.29, 1.82) is 0 Å². The van der Waals surface area contributed by atoms with Crippen molar-refractivity contribution in [3.63, 3.8) is 0 Å². The zero-order valence-corrected chi connectivity index (χ0v) is 13.7. The monoisotopic (exact) mass is 367 g/mol. The highest BCUT2D eigenvalue weighted by Crippen LogP contribution is 2.36. The Balaban J connectivity index is 0.00000242. The van der Waals surface area contributed by atoms with Crippen molar-refractivity contribution in [1.82, 2.24) is 0 Å². The van der Waals surface area contributed by atoms with Gasteiger partial charge in [-0.1, -0.05) is 41.6 Å². The summed E-state index contributed by atoms with van der Waals surface area (Å²) in [6.07, 6.45) is -5.32. The molecule has 2 aromatic carbocycles. The van der Waals surface area contributed by atoms with Crippen molar-refractivity contribution in [2.45, 2.75) is 28.4 Å². The van der Waals surface area contributed by atoms with Gasteiger partial charge in [-0.05, 0) is 35.9 Å². The van der Waals surface area contributed by atoms with Gasteiger partial charge in [0.2, 0.25) is 0 Å². The quantitative estimate of drug-likeness (QED) is 0.731. The van der Waals surface area contributed by atoms with Crippen LogP contribution < -0.4 is 5.73 Å². The molecule has 2 aromatic rings. The summed E-state index contributed by atoms with van der Waals surface area (Å²) >= 11 is 7.19. The second-order valence-corrected chi connectivity index (χ2v) is 6.07. The molecule has 0 spiro atoms. The minimum Gasteiger partial charge on any atom is -0.324 e. The molecule has 1 atom stereocenters. The van der Waals surface area contributed by atoms with Gasteiger partial charge in [-0.3, -0.25) is 0 Å². The Bertz CT molecular complexity index is 602. The third-order valence-corrected chi connectivity index (χ3v) is 4.16. The first kappa shape index (κ1) is 19.2. The lowest BCUT2D eigenvalue weighted by Gasteiger charge is -2.17. The van der Waals surface area contributed by atoms with E-state index in [9.17, 15) is 13.2 Å². The molecule has 120 valence electrons. The molecular weight excluding hydrogens is 354 g/mol. The fourth-order valence-corrected chi connectivity index (χ4v) is 3.00. The predicted octanol–water partition coefficient (Wildman–Crippen LogP) is 5.87. The Hall–Kier alpha value is -0.880. The summed E-state index contributed by atoms with van der Waals surface area (Å²) in [5.41, 5.74) is 6.20. The van der Waals surface area contributed by atoms with Gasteiger partial charge in [0.15, 0.2) is 0 Å². The van der Waals surface area contributed by atoms with Crippen molar-refractivity contribution in [2.24, 2.45) is 5.73 Å². The van der Waals surface area contributed by atoms with Crippen molar-refractivity contribution in [3.8, 4) is 0 Å². The van der Waals surface area contributed by atoms with Crippen LogP contribution in [0.1, 0.15) is 18.0 Å². The first-order valence-corrected chi connectivity index (χ1v) is 7.39. The van der Waals surface area contributed by atoms with Crippen LogP contribution in [0, 0.1) is 0 Å². The molecule has 22 heavy (non-hydrogen) atoms. The van der Waals surface area contributed by atoms with Crippen LogP contribution in [0.15, 0.2) is 58.3 Å². The number of nitrogens with two attached hydrogens (primary N) is 1. The Morgan fingerprint density at radius 1 is 1.05 bits per heavy atom. The van der Waals surface area contributed by atoms with Gasteiger partial charge in [0, 0.05) is 20.9 Å². The van der Waals surface area contributed by atoms with Gasteiger partial charge < -0.3 is 5.73 Å². The predicted molar refractivity (Wildman–Crippen MR) is 86.9 cm³/mol. The molecular formula is C15H14Cl2F3NS. The van der Waals surface area contributed by atoms with E-state index < -0.39 is 18.6 Å². The number of alkyl halides is 3. The number of benzene rings is 2. The first-order valence-electron chi connectivity index (χ1n) is 6.20. The van der Waals surface area contributed by atoms with E-state index in [1.54, 1.807) is 36.4 Å².